The summed E-state index contributed by atoms with van der Waals surface area (Å²) in [6, 6.07) is 15.8. The number of ether oxygens (including phenoxy) is 1. The van der Waals surface area contributed by atoms with Gasteiger partial charge in [0.15, 0.2) is 5.58 Å². The first kappa shape index (κ1) is 23.8. The molecule has 0 radical (unpaired) electrons. The van der Waals surface area contributed by atoms with E-state index in [0.29, 0.717) is 45.2 Å². The molecule has 4 aromatic rings. The summed E-state index contributed by atoms with van der Waals surface area (Å²) >= 11 is 0. The summed E-state index contributed by atoms with van der Waals surface area (Å²) in [5, 5.41) is 12.1. The Morgan fingerprint density at radius 3 is 2.70 bits per heavy atom. The number of aromatic nitrogens is 2. The molecule has 3 N–H and O–H groups in total. The van der Waals surface area contributed by atoms with Crippen molar-refractivity contribution in [3.05, 3.63) is 71.4 Å². The summed E-state index contributed by atoms with van der Waals surface area (Å²) in [5.74, 6) is 0.710. The Labute approximate surface area is 212 Å². The minimum Gasteiger partial charge on any atom is -0.442 e. The Morgan fingerprint density at radius 1 is 1.24 bits per heavy atom. The molecule has 186 valence electrons. The van der Waals surface area contributed by atoms with Gasteiger partial charge in [0.1, 0.15) is 17.4 Å². The van der Waals surface area contributed by atoms with E-state index in [4.69, 9.17) is 14.9 Å². The summed E-state index contributed by atoms with van der Waals surface area (Å²) in [6.07, 6.45) is 0.430. The number of carbonyl (C=O) groups is 2. The third-order valence-corrected chi connectivity index (χ3v) is 6.08. The van der Waals surface area contributed by atoms with Crippen molar-refractivity contribution >= 4 is 34.6 Å². The first-order valence-corrected chi connectivity index (χ1v) is 11.7. The van der Waals surface area contributed by atoms with Crippen molar-refractivity contribution < 1.29 is 18.7 Å². The monoisotopic (exact) mass is 496 g/mol. The van der Waals surface area contributed by atoms with Crippen LogP contribution in [0.1, 0.15) is 41.3 Å². The Hall–Kier alpha value is -4.91. The first-order chi connectivity index (χ1) is 17.8. The molecular formula is C27H24N6O4. The number of nitrogens with two attached hydrogens (primary N) is 1. The first-order valence-electron chi connectivity index (χ1n) is 11.7. The molecule has 5 rings (SSSR count). The van der Waals surface area contributed by atoms with Crippen molar-refractivity contribution in [2.75, 3.05) is 23.7 Å². The Balaban J connectivity index is 1.25. The van der Waals surface area contributed by atoms with Crippen LogP contribution in [0.25, 0.3) is 22.6 Å². The smallest absolute Gasteiger partial charge is 0.416 e. The Kier molecular flexibility index (Phi) is 6.19. The van der Waals surface area contributed by atoms with Gasteiger partial charge in [0.05, 0.1) is 36.6 Å². The van der Waals surface area contributed by atoms with E-state index in [1.54, 1.807) is 42.5 Å². The van der Waals surface area contributed by atoms with Crippen LogP contribution in [0, 0.1) is 11.3 Å². The molecule has 1 unspecified atom stereocenters. The van der Waals surface area contributed by atoms with Crippen LogP contribution in [0.4, 0.5) is 16.3 Å². The van der Waals surface area contributed by atoms with Crippen LogP contribution in [-0.4, -0.2) is 41.2 Å². The number of oxazole rings is 1. The van der Waals surface area contributed by atoms with Crippen molar-refractivity contribution in [3.63, 3.8) is 0 Å². The lowest BCUT2D eigenvalue weighted by atomic mass is 10.00. The average Bonchev–Trinajstić information content (AvgIpc) is 3.50. The number of nitriles is 1. The number of hydrogen-bond donors (Lipinski definition) is 2. The van der Waals surface area contributed by atoms with E-state index in [1.165, 1.54) is 11.1 Å². The minimum absolute atomic E-state index is 0.155. The number of amides is 2. The van der Waals surface area contributed by atoms with E-state index in [1.807, 2.05) is 19.9 Å². The molecule has 1 aliphatic rings. The lowest BCUT2D eigenvalue weighted by Crippen LogP contribution is -2.34. The number of cyclic esters (lactones) is 1. The zero-order valence-corrected chi connectivity index (χ0v) is 20.3. The van der Waals surface area contributed by atoms with Gasteiger partial charge in [-0.1, -0.05) is 13.8 Å². The zero-order chi connectivity index (χ0) is 26.1. The zero-order valence-electron chi connectivity index (χ0n) is 20.3. The van der Waals surface area contributed by atoms with Gasteiger partial charge in [0, 0.05) is 16.7 Å². The van der Waals surface area contributed by atoms with E-state index < -0.39 is 12.2 Å². The van der Waals surface area contributed by atoms with Crippen LogP contribution >= 0.6 is 0 Å². The number of nitrogen functional groups attached to an aromatic ring is 1. The maximum absolute atomic E-state index is 12.7. The van der Waals surface area contributed by atoms with Crippen LogP contribution in [0.3, 0.4) is 0 Å². The molecule has 2 amide bonds. The molecule has 2 aromatic heterocycles. The van der Waals surface area contributed by atoms with Gasteiger partial charge in [0.2, 0.25) is 5.89 Å². The van der Waals surface area contributed by atoms with Crippen molar-refractivity contribution in [1.29, 1.82) is 5.26 Å². The molecule has 37 heavy (non-hydrogen) atoms. The standard InChI is InChI=1S/C27H24N6O4/c1-15(2)21-9-16(11-28)10-22-24(21)37-26(32-22)18-5-3-17(4-6-18)25(34)31-13-20-14-33(27(35)36-20)23-8-7-19(29)12-30-23/h3-10,12,15,20H,13-14,29H2,1-2H3,(H,31,34). The number of nitrogens with zero attached hydrogens (tertiary/aromatic N) is 4. The normalized spacial score (nSPS) is 15.1. The number of anilines is 2. The fraction of sp³-hybridized carbons (Fsp3) is 0.222. The van der Waals surface area contributed by atoms with Crippen molar-refractivity contribution in [1.82, 2.24) is 15.3 Å². The van der Waals surface area contributed by atoms with Crippen LogP contribution in [0.5, 0.6) is 0 Å². The molecule has 0 saturated carbocycles. The fourth-order valence-electron chi connectivity index (χ4n) is 4.12. The topological polar surface area (TPSA) is 147 Å². The summed E-state index contributed by atoms with van der Waals surface area (Å²) < 4.78 is 11.4. The van der Waals surface area contributed by atoms with Gasteiger partial charge in [-0.15, -0.1) is 0 Å². The number of benzene rings is 2. The number of pyridine rings is 1. The van der Waals surface area contributed by atoms with E-state index >= 15 is 0 Å². The highest BCUT2D eigenvalue weighted by Gasteiger charge is 2.33. The number of rotatable bonds is 6. The molecule has 10 heteroatoms. The molecule has 1 aliphatic heterocycles. The predicted molar refractivity (Wildman–Crippen MR) is 137 cm³/mol. The summed E-state index contributed by atoms with van der Waals surface area (Å²) in [4.78, 5) is 35.0. The maximum Gasteiger partial charge on any atom is 0.416 e. The quantitative estimate of drug-likeness (QED) is 0.403. The number of hydrogen-bond acceptors (Lipinski definition) is 8. The minimum atomic E-state index is -0.526. The molecule has 1 fully saturated rings. The largest absolute Gasteiger partial charge is 0.442 e. The molecule has 0 bridgehead atoms. The molecule has 0 spiro atoms. The van der Waals surface area contributed by atoms with Gasteiger partial charge in [-0.25, -0.2) is 14.8 Å². The molecule has 2 aromatic carbocycles. The van der Waals surface area contributed by atoms with E-state index in [-0.39, 0.29) is 24.9 Å². The van der Waals surface area contributed by atoms with Gasteiger partial charge in [-0.3, -0.25) is 9.69 Å². The molecule has 1 atom stereocenters. The lowest BCUT2D eigenvalue weighted by molar-refractivity contribution is 0.0916. The average molecular weight is 497 g/mol. The SMILES string of the molecule is CC(C)c1cc(C#N)cc2nc(-c3ccc(C(=O)NCC4CN(c5ccc(N)cn5)C(=O)O4)cc3)oc12. The summed E-state index contributed by atoms with van der Waals surface area (Å²) in [7, 11) is 0. The molecule has 1 saturated heterocycles. The Bertz CT molecular complexity index is 1520. The fourth-order valence-corrected chi connectivity index (χ4v) is 4.12. The van der Waals surface area contributed by atoms with Gasteiger partial charge >= 0.3 is 6.09 Å². The molecule has 10 nitrogen and oxygen atoms in total. The highest BCUT2D eigenvalue weighted by molar-refractivity contribution is 5.95. The van der Waals surface area contributed by atoms with Crippen LogP contribution in [0.15, 0.2) is 59.1 Å². The number of nitrogens with one attached hydrogen (secondary N) is 1. The van der Waals surface area contributed by atoms with E-state index in [0.717, 1.165) is 5.56 Å². The van der Waals surface area contributed by atoms with Crippen molar-refractivity contribution in [2.45, 2.75) is 25.9 Å². The second kappa shape index (κ2) is 9.62. The van der Waals surface area contributed by atoms with Crippen molar-refractivity contribution in [2.24, 2.45) is 0 Å². The van der Waals surface area contributed by atoms with E-state index in [9.17, 15) is 14.9 Å². The molecule has 0 aliphatic carbocycles. The van der Waals surface area contributed by atoms with Crippen LogP contribution in [0.2, 0.25) is 0 Å². The predicted octanol–water partition coefficient (Wildman–Crippen LogP) is 4.22. The highest BCUT2D eigenvalue weighted by Crippen LogP contribution is 2.31. The molecular weight excluding hydrogens is 472 g/mol. The third-order valence-electron chi connectivity index (χ3n) is 6.08. The van der Waals surface area contributed by atoms with Gasteiger partial charge < -0.3 is 20.2 Å². The number of fused-ring (bicyclic) bond motifs is 1. The van der Waals surface area contributed by atoms with Gasteiger partial charge in [0.25, 0.3) is 5.91 Å². The van der Waals surface area contributed by atoms with E-state index in [2.05, 4.69) is 21.4 Å². The highest BCUT2D eigenvalue weighted by atomic mass is 16.6. The summed E-state index contributed by atoms with van der Waals surface area (Å²) in [6.45, 7) is 4.48. The maximum atomic E-state index is 12.7. The van der Waals surface area contributed by atoms with Crippen LogP contribution in [-0.2, 0) is 4.74 Å². The lowest BCUT2D eigenvalue weighted by Gasteiger charge is -2.12. The number of carbonyl (C=O) groups excluding carboxylic acids is 2. The second-order valence-corrected chi connectivity index (χ2v) is 9.05. The van der Waals surface area contributed by atoms with Gasteiger partial charge in [-0.05, 0) is 54.4 Å². The Morgan fingerprint density at radius 2 is 2.03 bits per heavy atom. The summed E-state index contributed by atoms with van der Waals surface area (Å²) in [5.41, 5.74) is 10.0. The van der Waals surface area contributed by atoms with Gasteiger partial charge in [-0.2, -0.15) is 5.26 Å². The van der Waals surface area contributed by atoms with Crippen LogP contribution < -0.4 is 16.0 Å². The third kappa shape index (κ3) is 4.79. The van der Waals surface area contributed by atoms with Crippen molar-refractivity contribution in [3.8, 4) is 17.5 Å². The molecule has 3 heterocycles. The second-order valence-electron chi connectivity index (χ2n) is 9.05.